The first-order chi connectivity index (χ1) is 15.5. The zero-order valence-corrected chi connectivity index (χ0v) is 18.3. The second-order valence-corrected chi connectivity index (χ2v) is 7.88. The molecule has 1 heterocycles. The van der Waals surface area contributed by atoms with Gasteiger partial charge in [-0.1, -0.05) is 48.5 Å². The maximum atomic E-state index is 13.0. The molecule has 0 unspecified atom stereocenters. The number of fused-ring (bicyclic) bond motifs is 1. The molecule has 162 valence electrons. The highest BCUT2D eigenvalue weighted by Gasteiger charge is 2.29. The third-order valence-electron chi connectivity index (χ3n) is 5.22. The quantitative estimate of drug-likeness (QED) is 0.449. The van der Waals surface area contributed by atoms with E-state index in [1.54, 1.807) is 18.2 Å². The van der Waals surface area contributed by atoms with Gasteiger partial charge in [0.2, 0.25) is 0 Å². The molecule has 3 aromatic carbocycles. The summed E-state index contributed by atoms with van der Waals surface area (Å²) in [5, 5.41) is 6.33. The molecule has 1 aliphatic rings. The predicted molar refractivity (Wildman–Crippen MR) is 127 cm³/mol. The van der Waals surface area contributed by atoms with Gasteiger partial charge in [-0.05, 0) is 49.5 Å². The van der Waals surface area contributed by atoms with E-state index in [9.17, 15) is 9.59 Å². The number of hydrogen-bond acceptors (Lipinski definition) is 5. The number of benzene rings is 3. The van der Waals surface area contributed by atoms with Crippen molar-refractivity contribution in [3.63, 3.8) is 0 Å². The highest BCUT2D eigenvalue weighted by atomic mass is 16.5. The van der Waals surface area contributed by atoms with Crippen LogP contribution in [-0.4, -0.2) is 38.0 Å². The summed E-state index contributed by atoms with van der Waals surface area (Å²) in [7, 11) is 5.40. The zero-order valence-electron chi connectivity index (χ0n) is 18.3. The van der Waals surface area contributed by atoms with Crippen LogP contribution in [0.4, 0.5) is 11.4 Å². The van der Waals surface area contributed by atoms with Gasteiger partial charge in [-0.25, -0.2) is 4.79 Å². The number of ether oxygens (including phenoxy) is 1. The Labute approximate surface area is 187 Å². The van der Waals surface area contributed by atoms with Crippen molar-refractivity contribution >= 4 is 34.5 Å². The van der Waals surface area contributed by atoms with E-state index in [1.165, 1.54) is 12.7 Å². The van der Waals surface area contributed by atoms with E-state index in [2.05, 4.69) is 27.7 Å². The van der Waals surface area contributed by atoms with E-state index in [0.717, 1.165) is 23.4 Å². The first-order valence-electron chi connectivity index (χ1n) is 10.3. The minimum atomic E-state index is -0.446. The minimum Gasteiger partial charge on any atom is -0.465 e. The number of amides is 1. The molecule has 0 spiro atoms. The van der Waals surface area contributed by atoms with E-state index >= 15 is 0 Å². The highest BCUT2D eigenvalue weighted by molar-refractivity contribution is 6.37. The lowest BCUT2D eigenvalue weighted by molar-refractivity contribution is -0.110. The largest absolute Gasteiger partial charge is 0.465 e. The average molecular weight is 428 g/mol. The predicted octanol–water partition coefficient (Wildman–Crippen LogP) is 4.47. The van der Waals surface area contributed by atoms with Crippen LogP contribution in [0.1, 0.15) is 27.0 Å². The standard InChI is InChI=1S/C26H25N3O3/c1-29(2)16-17-9-12-20(13-10-17)27-24(18-7-5-4-6-8-18)23-21-14-11-19(26(31)32-3)15-22(21)28-25(23)30/h4-15,27H,16H2,1-3H3,(H,28,30). The summed E-state index contributed by atoms with van der Waals surface area (Å²) in [6.07, 6.45) is 0. The van der Waals surface area contributed by atoms with Crippen molar-refractivity contribution in [3.05, 3.63) is 95.1 Å². The van der Waals surface area contributed by atoms with Gasteiger partial charge in [-0.15, -0.1) is 0 Å². The Kier molecular flexibility index (Phi) is 6.05. The molecule has 1 amide bonds. The molecule has 4 rings (SSSR count). The molecule has 0 radical (unpaired) electrons. The number of nitrogens with zero attached hydrogens (tertiary/aromatic N) is 1. The van der Waals surface area contributed by atoms with E-state index in [1.807, 2.05) is 56.6 Å². The minimum absolute atomic E-state index is 0.224. The second-order valence-electron chi connectivity index (χ2n) is 7.88. The summed E-state index contributed by atoms with van der Waals surface area (Å²) in [4.78, 5) is 27.0. The fourth-order valence-electron chi connectivity index (χ4n) is 3.75. The Hall–Kier alpha value is -3.90. The van der Waals surface area contributed by atoms with E-state index in [4.69, 9.17) is 4.74 Å². The van der Waals surface area contributed by atoms with Crippen LogP contribution in [-0.2, 0) is 16.1 Å². The first kappa shape index (κ1) is 21.3. The summed E-state index contributed by atoms with van der Waals surface area (Å²) in [5.74, 6) is -0.670. The molecule has 0 fully saturated rings. The highest BCUT2D eigenvalue weighted by Crippen LogP contribution is 2.38. The molecule has 32 heavy (non-hydrogen) atoms. The van der Waals surface area contributed by atoms with Gasteiger partial charge in [0.1, 0.15) is 0 Å². The van der Waals surface area contributed by atoms with E-state index in [0.29, 0.717) is 22.5 Å². The van der Waals surface area contributed by atoms with Crippen molar-refractivity contribution in [2.24, 2.45) is 0 Å². The second kappa shape index (κ2) is 9.08. The Balaban J connectivity index is 1.78. The lowest BCUT2D eigenvalue weighted by atomic mass is 9.99. The Bertz CT molecular complexity index is 1180. The van der Waals surface area contributed by atoms with Crippen LogP contribution in [0.15, 0.2) is 72.8 Å². The lowest BCUT2D eigenvalue weighted by Crippen LogP contribution is -2.11. The summed E-state index contributed by atoms with van der Waals surface area (Å²) < 4.78 is 4.80. The number of rotatable bonds is 6. The average Bonchev–Trinajstić information content (AvgIpc) is 3.13. The van der Waals surface area contributed by atoms with Crippen LogP contribution in [0.2, 0.25) is 0 Å². The van der Waals surface area contributed by atoms with Gasteiger partial charge in [0.15, 0.2) is 0 Å². The van der Waals surface area contributed by atoms with Crippen LogP contribution >= 0.6 is 0 Å². The van der Waals surface area contributed by atoms with Gasteiger partial charge in [0, 0.05) is 17.8 Å². The molecule has 6 nitrogen and oxygen atoms in total. The Morgan fingerprint density at radius 2 is 1.69 bits per heavy atom. The van der Waals surface area contributed by atoms with Gasteiger partial charge in [-0.2, -0.15) is 0 Å². The number of hydrogen-bond donors (Lipinski definition) is 2. The molecule has 2 N–H and O–H groups in total. The third kappa shape index (κ3) is 4.40. The lowest BCUT2D eigenvalue weighted by Gasteiger charge is -2.16. The summed E-state index contributed by atoms with van der Waals surface area (Å²) in [6.45, 7) is 0.852. The molecule has 0 saturated heterocycles. The van der Waals surface area contributed by atoms with Gasteiger partial charge in [0.25, 0.3) is 5.91 Å². The van der Waals surface area contributed by atoms with Crippen molar-refractivity contribution in [3.8, 4) is 0 Å². The number of carbonyl (C=O) groups is 2. The Morgan fingerprint density at radius 3 is 2.34 bits per heavy atom. The number of nitrogens with one attached hydrogen (secondary N) is 2. The smallest absolute Gasteiger partial charge is 0.337 e. The van der Waals surface area contributed by atoms with E-state index < -0.39 is 5.97 Å². The van der Waals surface area contributed by atoms with Gasteiger partial charge in [0.05, 0.1) is 29.6 Å². The van der Waals surface area contributed by atoms with Crippen LogP contribution in [0.3, 0.4) is 0 Å². The molecule has 0 aromatic heterocycles. The van der Waals surface area contributed by atoms with Crippen molar-refractivity contribution in [1.29, 1.82) is 0 Å². The number of carbonyl (C=O) groups excluding carboxylic acids is 2. The van der Waals surface area contributed by atoms with E-state index in [-0.39, 0.29) is 5.91 Å². The van der Waals surface area contributed by atoms with Crippen LogP contribution in [0, 0.1) is 0 Å². The third-order valence-corrected chi connectivity index (χ3v) is 5.22. The summed E-state index contributed by atoms with van der Waals surface area (Å²) in [5.41, 5.74) is 5.91. The molecular formula is C26H25N3O3. The van der Waals surface area contributed by atoms with Crippen LogP contribution in [0.5, 0.6) is 0 Å². The first-order valence-corrected chi connectivity index (χ1v) is 10.3. The van der Waals surface area contributed by atoms with Crippen molar-refractivity contribution in [2.75, 3.05) is 31.8 Å². The van der Waals surface area contributed by atoms with Crippen molar-refractivity contribution in [1.82, 2.24) is 4.90 Å². The normalized spacial score (nSPS) is 14.1. The number of methoxy groups -OCH3 is 1. The fraction of sp³-hybridized carbons (Fsp3) is 0.154. The van der Waals surface area contributed by atoms with Gasteiger partial charge < -0.3 is 20.3 Å². The molecule has 1 aliphatic heterocycles. The molecule has 0 aliphatic carbocycles. The number of anilines is 2. The van der Waals surface area contributed by atoms with Crippen LogP contribution in [0.25, 0.3) is 11.3 Å². The van der Waals surface area contributed by atoms with Crippen molar-refractivity contribution in [2.45, 2.75) is 6.54 Å². The molecular weight excluding hydrogens is 402 g/mol. The molecule has 0 saturated carbocycles. The molecule has 3 aromatic rings. The van der Waals surface area contributed by atoms with Crippen LogP contribution < -0.4 is 10.6 Å². The van der Waals surface area contributed by atoms with Crippen molar-refractivity contribution < 1.29 is 14.3 Å². The SMILES string of the molecule is COC(=O)c1ccc2c(c1)NC(=O)C2=C(Nc1ccc(CN(C)C)cc1)c1ccccc1. The maximum Gasteiger partial charge on any atom is 0.337 e. The monoisotopic (exact) mass is 427 g/mol. The van der Waals surface area contributed by atoms with Gasteiger partial charge >= 0.3 is 5.97 Å². The fourth-order valence-corrected chi connectivity index (χ4v) is 3.75. The topological polar surface area (TPSA) is 70.7 Å². The number of esters is 1. The van der Waals surface area contributed by atoms with Gasteiger partial charge in [-0.3, -0.25) is 4.79 Å². The summed E-state index contributed by atoms with van der Waals surface area (Å²) >= 11 is 0. The molecule has 0 bridgehead atoms. The Morgan fingerprint density at radius 1 is 0.969 bits per heavy atom. The summed E-state index contributed by atoms with van der Waals surface area (Å²) in [6, 6.07) is 23.0. The zero-order chi connectivity index (χ0) is 22.7. The maximum absolute atomic E-state index is 13.0. The molecule has 0 atom stereocenters. The molecule has 6 heteroatoms.